The number of hydrogen-bond donors (Lipinski definition) is 5. The van der Waals surface area contributed by atoms with Gasteiger partial charge in [0.1, 0.15) is 29.9 Å². The molecule has 2 atom stereocenters. The minimum absolute atomic E-state index is 0.0418. The van der Waals surface area contributed by atoms with Gasteiger partial charge in [0.05, 0.1) is 24.3 Å². The summed E-state index contributed by atoms with van der Waals surface area (Å²) >= 11 is 0. The Bertz CT molecular complexity index is 4110. The minimum atomic E-state index is -4.50. The van der Waals surface area contributed by atoms with Crippen molar-refractivity contribution in [3.63, 3.8) is 0 Å². The van der Waals surface area contributed by atoms with Crippen LogP contribution in [0.5, 0.6) is 23.3 Å². The van der Waals surface area contributed by atoms with Crippen molar-refractivity contribution in [3.8, 4) is 34.9 Å². The largest absolute Gasteiger partial charge is 0.505 e. The summed E-state index contributed by atoms with van der Waals surface area (Å²) in [4.78, 5) is 50.2. The van der Waals surface area contributed by atoms with Crippen LogP contribution in [0.25, 0.3) is 11.6 Å². The number of anilines is 4. The fourth-order valence-electron chi connectivity index (χ4n) is 13.1. The Morgan fingerprint density at radius 2 is 1.03 bits per heavy atom. The molecule has 494 valence electrons. The summed E-state index contributed by atoms with van der Waals surface area (Å²) in [5.74, 6) is 1.94. The Morgan fingerprint density at radius 3 is 1.53 bits per heavy atom. The van der Waals surface area contributed by atoms with Gasteiger partial charge >= 0.3 is 0 Å². The first-order valence-corrected chi connectivity index (χ1v) is 35.3. The van der Waals surface area contributed by atoms with E-state index in [-0.39, 0.29) is 39.6 Å². The van der Waals surface area contributed by atoms with Gasteiger partial charge in [-0.05, 0) is 194 Å². The predicted octanol–water partition coefficient (Wildman–Crippen LogP) is 10.4. The maximum atomic E-state index is 14.0. The lowest BCUT2D eigenvalue weighted by Gasteiger charge is -2.34. The lowest BCUT2D eigenvalue weighted by molar-refractivity contribution is 0.0972. The SMILES string of the molecule is CC1(CCCOc2ccn(-c3ccc4c(n3)N3C[C@@H](CCCNc5ccc(O)c(n5)S(=O)(=O)NC4=O)CC3(C)C)n2)CC1.CC1(CCCOc2ccn(-c3ccc4c(n3)N3C[C@@H](CCCNc5ccc(OCc6ccccc6)c(n5)S(=O)(=O)NC4=O)CC3(C)C)n2)CC1. The van der Waals surface area contributed by atoms with Crippen LogP contribution in [0.15, 0.2) is 113 Å². The van der Waals surface area contributed by atoms with E-state index in [9.17, 15) is 31.5 Å². The van der Waals surface area contributed by atoms with Crippen molar-refractivity contribution < 1.29 is 45.7 Å². The Morgan fingerprint density at radius 1 is 0.559 bits per heavy atom. The molecule has 2 aliphatic carbocycles. The highest BCUT2D eigenvalue weighted by atomic mass is 32.2. The van der Waals surface area contributed by atoms with Crippen LogP contribution in [0, 0.1) is 22.7 Å². The molecule has 7 aromatic rings. The smallest absolute Gasteiger partial charge is 0.285 e. The predicted molar refractivity (Wildman–Crippen MR) is 352 cm³/mol. The van der Waals surface area contributed by atoms with Gasteiger partial charge in [-0.3, -0.25) is 9.59 Å². The van der Waals surface area contributed by atoms with E-state index in [1.54, 1.807) is 70.3 Å². The molecule has 26 heteroatoms. The average Bonchev–Trinajstić information content (AvgIpc) is 1.47. The molecule has 8 bridgehead atoms. The van der Waals surface area contributed by atoms with Crippen LogP contribution >= 0.6 is 0 Å². The molecule has 2 saturated carbocycles. The van der Waals surface area contributed by atoms with Crippen LogP contribution in [0.3, 0.4) is 0 Å². The van der Waals surface area contributed by atoms with Crippen LogP contribution < -0.4 is 44.1 Å². The minimum Gasteiger partial charge on any atom is -0.505 e. The highest BCUT2D eigenvalue weighted by Crippen LogP contribution is 2.50. The zero-order valence-corrected chi connectivity index (χ0v) is 55.4. The van der Waals surface area contributed by atoms with Crippen molar-refractivity contribution in [1.82, 2.24) is 48.9 Å². The molecule has 24 nitrogen and oxygen atoms in total. The van der Waals surface area contributed by atoms with Crippen molar-refractivity contribution in [2.45, 2.75) is 159 Å². The number of rotatable bonds is 15. The standard InChI is InChI=1S/C37H45N7O5S.C30H39N7O5S/c1-36(2)23-27-11-7-20-38-30-14-13-29(49-25-26-9-5-4-6-10-26)35(39-30)50(46,47)42-34(45)28-12-15-31(40-33(28)43(36)24-27)44-21-16-32(41-44)48-22-8-17-37(3)18-19-37;1-29(2)18-20-6-4-15-31-23-9-8-22(38)28(32-23)43(40,41)35-27(39)21-7-10-24(33-26(21)36(29)19-20)37-16-11-25(34-37)42-17-5-12-30(3)13-14-30/h4-6,9-10,12-16,21,27H,7-8,11,17-20,22-25H2,1-3H3,(H,38,39)(H,42,45);7-11,16,20,38H,4-6,12-15,17-19H2,1-3H3,(H,31,32)(H,35,39)/t27-;20-/m00/s1. The van der Waals surface area contributed by atoms with Gasteiger partial charge in [-0.1, -0.05) is 44.2 Å². The van der Waals surface area contributed by atoms with E-state index in [2.05, 4.69) is 91.6 Å². The van der Waals surface area contributed by atoms with E-state index in [0.717, 1.165) is 69.8 Å². The van der Waals surface area contributed by atoms with Crippen LogP contribution in [0.4, 0.5) is 23.3 Å². The summed E-state index contributed by atoms with van der Waals surface area (Å²) < 4.78 is 79.7. The Kier molecular flexibility index (Phi) is 18.1. The first kappa shape index (κ1) is 64.6. The average molecular weight is 1310 g/mol. The normalized spacial score (nSPS) is 21.1. The molecule has 2 saturated heterocycles. The lowest BCUT2D eigenvalue weighted by Crippen LogP contribution is -2.41. The van der Waals surface area contributed by atoms with Crippen LogP contribution in [-0.2, 0) is 26.7 Å². The molecule has 13 rings (SSSR count). The number of fused-ring (bicyclic) bond motifs is 12. The molecule has 1 aromatic carbocycles. The molecular weight excluding hydrogens is 1220 g/mol. The molecule has 0 radical (unpaired) electrons. The summed E-state index contributed by atoms with van der Waals surface area (Å²) in [5.41, 5.74) is 1.38. The number of ether oxygens (including phenoxy) is 3. The van der Waals surface area contributed by atoms with E-state index in [0.29, 0.717) is 109 Å². The summed E-state index contributed by atoms with van der Waals surface area (Å²) in [6, 6.07) is 25.5. The number of benzene rings is 1. The molecule has 0 spiro atoms. The van der Waals surface area contributed by atoms with Gasteiger partial charge in [0.25, 0.3) is 31.9 Å². The third kappa shape index (κ3) is 15.3. The van der Waals surface area contributed by atoms with Gasteiger partial charge in [-0.25, -0.2) is 38.7 Å². The second-order valence-corrected chi connectivity index (χ2v) is 30.8. The molecule has 4 fully saturated rings. The Labute approximate surface area is 543 Å². The summed E-state index contributed by atoms with van der Waals surface area (Å²) in [7, 11) is -8.98. The maximum Gasteiger partial charge on any atom is 0.285 e. The van der Waals surface area contributed by atoms with Gasteiger partial charge in [-0.15, -0.1) is 10.2 Å². The molecular formula is C67H84N14O10S2. The fourth-order valence-corrected chi connectivity index (χ4v) is 15.1. The highest BCUT2D eigenvalue weighted by Gasteiger charge is 2.44. The van der Waals surface area contributed by atoms with Gasteiger partial charge < -0.3 is 39.8 Å². The molecule has 6 aliphatic rings. The Hall–Kier alpha value is -8.52. The second kappa shape index (κ2) is 26.1. The number of aromatic nitrogens is 8. The van der Waals surface area contributed by atoms with Crippen LogP contribution in [-0.4, -0.2) is 124 Å². The third-order valence-corrected chi connectivity index (χ3v) is 21.4. The van der Waals surface area contributed by atoms with Gasteiger partial charge in [0.15, 0.2) is 23.1 Å². The first-order valence-electron chi connectivity index (χ1n) is 32.4. The van der Waals surface area contributed by atoms with E-state index in [1.165, 1.54) is 37.8 Å². The molecule has 10 heterocycles. The number of hydrogen-bond acceptors (Lipinski definition) is 20. The van der Waals surface area contributed by atoms with E-state index in [4.69, 9.17) is 24.2 Å². The summed E-state index contributed by atoms with van der Waals surface area (Å²) in [6.07, 6.45) is 18.3. The van der Waals surface area contributed by atoms with E-state index < -0.39 is 42.6 Å². The lowest BCUT2D eigenvalue weighted by atomic mass is 9.93. The molecule has 93 heavy (non-hydrogen) atoms. The zero-order valence-electron chi connectivity index (χ0n) is 53.7. The molecule has 2 amide bonds. The summed E-state index contributed by atoms with van der Waals surface area (Å²) in [5, 5.41) is 24.9. The third-order valence-electron chi connectivity index (χ3n) is 18.9. The van der Waals surface area contributed by atoms with E-state index in [1.807, 2.05) is 30.3 Å². The number of nitrogens with one attached hydrogen (secondary N) is 4. The molecule has 0 unspecified atom stereocenters. The maximum absolute atomic E-state index is 14.0. The number of sulfonamides is 2. The molecule has 5 N–H and O–H groups in total. The number of carbonyl (C=O) groups excluding carboxylic acids is 2. The van der Waals surface area contributed by atoms with Crippen LogP contribution in [0.2, 0.25) is 0 Å². The number of amides is 2. The van der Waals surface area contributed by atoms with Crippen molar-refractivity contribution in [3.05, 3.63) is 120 Å². The van der Waals surface area contributed by atoms with Crippen molar-refractivity contribution in [2.24, 2.45) is 22.7 Å². The summed E-state index contributed by atoms with van der Waals surface area (Å²) in [6.45, 7) is 16.9. The topological polar surface area (TPSA) is 292 Å². The molecule has 6 aromatic heterocycles. The number of nitrogens with zero attached hydrogens (tertiary/aromatic N) is 10. The van der Waals surface area contributed by atoms with Crippen molar-refractivity contribution in [1.29, 1.82) is 0 Å². The van der Waals surface area contributed by atoms with Gasteiger partial charge in [0, 0.05) is 61.8 Å². The second-order valence-electron chi connectivity index (χ2n) is 27.6. The van der Waals surface area contributed by atoms with Crippen LogP contribution in [0.1, 0.15) is 158 Å². The number of carbonyl (C=O) groups is 2. The van der Waals surface area contributed by atoms with Crippen molar-refractivity contribution in [2.75, 3.05) is 59.8 Å². The van der Waals surface area contributed by atoms with Gasteiger partial charge in [-0.2, -0.15) is 16.8 Å². The van der Waals surface area contributed by atoms with Crippen molar-refractivity contribution >= 4 is 55.1 Å². The fraction of sp³-hybridized carbons (Fsp3) is 0.493. The number of aromatic hydroxyl groups is 1. The quantitative estimate of drug-likeness (QED) is 0.0596. The van der Waals surface area contributed by atoms with E-state index >= 15 is 0 Å². The monoisotopic (exact) mass is 1310 g/mol. The highest BCUT2D eigenvalue weighted by molar-refractivity contribution is 7.90. The van der Waals surface area contributed by atoms with Gasteiger partial charge in [0.2, 0.25) is 21.8 Å². The Balaban J connectivity index is 0.000000181. The number of pyridine rings is 4. The molecule has 4 aliphatic heterocycles. The first-order chi connectivity index (χ1) is 44.4. The zero-order chi connectivity index (χ0) is 65.3.